The van der Waals surface area contributed by atoms with Crippen LogP contribution in [0, 0.1) is 11.8 Å². The molecule has 2 heterocycles. The second-order valence-electron chi connectivity index (χ2n) is 7.61. The number of nitrogens with zero attached hydrogens (tertiary/aromatic N) is 3. The molecule has 6 heteroatoms. The zero-order valence-electron chi connectivity index (χ0n) is 16.9. The number of piperidine rings is 1. The molecule has 1 atom stereocenters. The number of guanidine groups is 1. The van der Waals surface area contributed by atoms with E-state index in [4.69, 9.17) is 4.99 Å². The van der Waals surface area contributed by atoms with Crippen molar-refractivity contribution in [2.45, 2.75) is 40.0 Å². The van der Waals surface area contributed by atoms with Gasteiger partial charge in [0.05, 0.1) is 0 Å². The Kier molecular flexibility index (Phi) is 11.8. The predicted octanol–water partition coefficient (Wildman–Crippen LogP) is 4.17. The third-order valence-electron chi connectivity index (χ3n) is 4.70. The number of likely N-dealkylation sites (tertiary alicyclic amines) is 1. The van der Waals surface area contributed by atoms with E-state index in [2.05, 4.69) is 60.4 Å². The number of nitrogens with one attached hydrogen (secondary N) is 1. The summed E-state index contributed by atoms with van der Waals surface area (Å²) in [6, 6.07) is 4.35. The molecule has 2 rings (SSSR count). The third-order valence-corrected chi connectivity index (χ3v) is 5.63. The number of hydrogen-bond donors (Lipinski definition) is 1. The highest BCUT2D eigenvalue weighted by molar-refractivity contribution is 14.0. The van der Waals surface area contributed by atoms with Gasteiger partial charge in [0, 0.05) is 44.6 Å². The summed E-state index contributed by atoms with van der Waals surface area (Å²) in [4.78, 5) is 11.3. The van der Waals surface area contributed by atoms with Gasteiger partial charge in [0.2, 0.25) is 0 Å². The lowest BCUT2D eigenvalue weighted by molar-refractivity contribution is 0.162. The van der Waals surface area contributed by atoms with Crippen molar-refractivity contribution >= 4 is 41.3 Å². The lowest BCUT2D eigenvalue weighted by atomic mass is 9.97. The minimum Gasteiger partial charge on any atom is -0.357 e. The summed E-state index contributed by atoms with van der Waals surface area (Å²) in [7, 11) is 2.15. The number of rotatable bonds is 8. The van der Waals surface area contributed by atoms with Crippen molar-refractivity contribution in [1.29, 1.82) is 0 Å². The largest absolute Gasteiger partial charge is 0.357 e. The molecule has 0 bridgehead atoms. The van der Waals surface area contributed by atoms with Crippen LogP contribution in [0.1, 0.15) is 38.5 Å². The van der Waals surface area contributed by atoms with Crippen molar-refractivity contribution in [3.8, 4) is 0 Å². The van der Waals surface area contributed by atoms with Crippen molar-refractivity contribution < 1.29 is 0 Å². The highest BCUT2D eigenvalue weighted by Gasteiger charge is 2.20. The van der Waals surface area contributed by atoms with Crippen LogP contribution in [0.25, 0.3) is 0 Å². The maximum Gasteiger partial charge on any atom is 0.193 e. The van der Waals surface area contributed by atoms with Gasteiger partial charge in [-0.2, -0.15) is 0 Å². The predicted molar refractivity (Wildman–Crippen MR) is 126 cm³/mol. The fraction of sp³-hybridized carbons (Fsp3) is 0.750. The van der Waals surface area contributed by atoms with Gasteiger partial charge in [0.25, 0.3) is 0 Å². The molecular weight excluding hydrogens is 455 g/mol. The Labute approximate surface area is 181 Å². The summed E-state index contributed by atoms with van der Waals surface area (Å²) in [5.41, 5.74) is 0. The maximum absolute atomic E-state index is 4.96. The second kappa shape index (κ2) is 12.9. The molecule has 0 aliphatic carbocycles. The van der Waals surface area contributed by atoms with Gasteiger partial charge in [-0.25, -0.2) is 0 Å². The Hall–Kier alpha value is -0.340. The van der Waals surface area contributed by atoms with Gasteiger partial charge < -0.3 is 15.1 Å². The third kappa shape index (κ3) is 8.57. The first-order valence-electron chi connectivity index (χ1n) is 9.82. The molecule has 0 saturated carbocycles. The molecule has 1 aliphatic heterocycles. The van der Waals surface area contributed by atoms with Crippen LogP contribution in [-0.2, 0) is 6.42 Å². The molecule has 1 aromatic heterocycles. The lowest BCUT2D eigenvalue weighted by Crippen LogP contribution is -2.41. The Balaban J connectivity index is 0.00000338. The number of thiophene rings is 1. The Morgan fingerprint density at radius 1 is 1.46 bits per heavy atom. The summed E-state index contributed by atoms with van der Waals surface area (Å²) in [5, 5.41) is 5.61. The first kappa shape index (κ1) is 23.7. The van der Waals surface area contributed by atoms with Gasteiger partial charge in [0.1, 0.15) is 0 Å². The van der Waals surface area contributed by atoms with Crippen LogP contribution in [-0.4, -0.2) is 62.1 Å². The van der Waals surface area contributed by atoms with Crippen molar-refractivity contribution in [2.75, 3.05) is 46.3 Å². The minimum absolute atomic E-state index is 0. The van der Waals surface area contributed by atoms with Crippen molar-refractivity contribution in [3.05, 3.63) is 22.4 Å². The summed E-state index contributed by atoms with van der Waals surface area (Å²) in [6.45, 7) is 13.3. The van der Waals surface area contributed by atoms with Crippen LogP contribution in [0.5, 0.6) is 0 Å². The second-order valence-corrected chi connectivity index (χ2v) is 8.64. The van der Waals surface area contributed by atoms with Crippen molar-refractivity contribution in [1.82, 2.24) is 15.1 Å². The average Bonchev–Trinajstić information content (AvgIpc) is 3.09. The minimum atomic E-state index is 0. The summed E-state index contributed by atoms with van der Waals surface area (Å²) >= 11 is 1.84. The fourth-order valence-corrected chi connectivity index (χ4v) is 4.20. The van der Waals surface area contributed by atoms with E-state index in [1.165, 1.54) is 37.4 Å². The van der Waals surface area contributed by atoms with Crippen molar-refractivity contribution in [3.63, 3.8) is 0 Å². The van der Waals surface area contributed by atoms with E-state index < -0.39 is 0 Å². The van der Waals surface area contributed by atoms with Crippen LogP contribution >= 0.6 is 35.3 Å². The Morgan fingerprint density at radius 2 is 2.27 bits per heavy atom. The quantitative estimate of drug-likeness (QED) is 0.336. The number of hydrogen-bond acceptors (Lipinski definition) is 3. The van der Waals surface area contributed by atoms with Gasteiger partial charge in [0.15, 0.2) is 5.96 Å². The van der Waals surface area contributed by atoms with E-state index in [9.17, 15) is 0 Å². The Morgan fingerprint density at radius 3 is 2.92 bits per heavy atom. The molecule has 1 saturated heterocycles. The van der Waals surface area contributed by atoms with Gasteiger partial charge in [-0.1, -0.05) is 19.9 Å². The molecule has 1 N–H and O–H groups in total. The van der Waals surface area contributed by atoms with E-state index in [-0.39, 0.29) is 24.0 Å². The van der Waals surface area contributed by atoms with E-state index >= 15 is 0 Å². The molecule has 0 radical (unpaired) electrons. The molecule has 150 valence electrons. The first-order valence-corrected chi connectivity index (χ1v) is 10.7. The summed E-state index contributed by atoms with van der Waals surface area (Å²) < 4.78 is 0. The topological polar surface area (TPSA) is 30.9 Å². The molecule has 4 nitrogen and oxygen atoms in total. The smallest absolute Gasteiger partial charge is 0.193 e. The molecule has 1 aliphatic rings. The van der Waals surface area contributed by atoms with Gasteiger partial charge in [-0.3, -0.25) is 4.99 Å². The molecule has 1 fully saturated rings. The molecule has 0 aromatic carbocycles. The normalized spacial score (nSPS) is 18.7. The number of aliphatic imine (C=N–C) groups is 1. The zero-order valence-corrected chi connectivity index (χ0v) is 20.1. The number of halogens is 1. The van der Waals surface area contributed by atoms with Gasteiger partial charge in [-0.15, -0.1) is 35.3 Å². The van der Waals surface area contributed by atoms with Crippen LogP contribution in [0.4, 0.5) is 0 Å². The highest BCUT2D eigenvalue weighted by atomic mass is 127. The van der Waals surface area contributed by atoms with Gasteiger partial charge in [-0.05, 0) is 56.0 Å². The molecule has 26 heavy (non-hydrogen) atoms. The van der Waals surface area contributed by atoms with Gasteiger partial charge >= 0.3 is 0 Å². The number of likely N-dealkylation sites (N-methyl/N-ethyl adjacent to an activating group) is 1. The van der Waals surface area contributed by atoms with Crippen LogP contribution < -0.4 is 5.32 Å². The van der Waals surface area contributed by atoms with E-state index in [1.54, 1.807) is 0 Å². The molecule has 1 aromatic rings. The monoisotopic (exact) mass is 492 g/mol. The van der Waals surface area contributed by atoms with E-state index in [0.29, 0.717) is 5.92 Å². The molecule has 1 unspecified atom stereocenters. The van der Waals surface area contributed by atoms with Crippen LogP contribution in [0.2, 0.25) is 0 Å². The zero-order chi connectivity index (χ0) is 18.1. The van der Waals surface area contributed by atoms with Crippen LogP contribution in [0.15, 0.2) is 22.5 Å². The van der Waals surface area contributed by atoms with Crippen molar-refractivity contribution in [2.24, 2.45) is 16.8 Å². The van der Waals surface area contributed by atoms with E-state index in [1.807, 2.05) is 11.3 Å². The molecular formula is C20H37IN4S. The lowest BCUT2D eigenvalue weighted by Gasteiger charge is -2.33. The maximum atomic E-state index is 4.96. The summed E-state index contributed by atoms with van der Waals surface area (Å²) in [6.07, 6.45) is 3.72. The Bertz CT molecular complexity index is 504. The summed E-state index contributed by atoms with van der Waals surface area (Å²) in [5.74, 6) is 2.51. The average molecular weight is 493 g/mol. The van der Waals surface area contributed by atoms with E-state index in [0.717, 1.165) is 37.9 Å². The highest BCUT2D eigenvalue weighted by Crippen LogP contribution is 2.18. The standard InChI is InChI=1S/C20H36N4S.HI/c1-5-21-20(23(4)12-10-19-9-7-13-25-19)22-14-18-8-6-11-24(16-18)15-17(2)3;/h7,9,13,17-18H,5-6,8,10-12,14-16H2,1-4H3,(H,21,22);1H. The fourth-order valence-electron chi connectivity index (χ4n) is 3.51. The van der Waals surface area contributed by atoms with Crippen LogP contribution in [0.3, 0.4) is 0 Å². The molecule has 0 spiro atoms. The molecule has 0 amide bonds. The SMILES string of the molecule is CCNC(=NCC1CCCN(CC(C)C)C1)N(C)CCc1cccs1.I. The first-order chi connectivity index (χ1) is 12.1.